The molecular formula is C19H20N4OS. The lowest BCUT2D eigenvalue weighted by Gasteiger charge is -2.31. The van der Waals surface area contributed by atoms with Crippen molar-refractivity contribution in [2.24, 2.45) is 0 Å². The van der Waals surface area contributed by atoms with Crippen LogP contribution in [0.25, 0.3) is 10.9 Å². The van der Waals surface area contributed by atoms with Gasteiger partial charge in [-0.3, -0.25) is 14.8 Å². The van der Waals surface area contributed by atoms with Gasteiger partial charge in [-0.25, -0.2) is 4.98 Å². The van der Waals surface area contributed by atoms with E-state index >= 15 is 0 Å². The summed E-state index contributed by atoms with van der Waals surface area (Å²) in [6.45, 7) is 5.39. The van der Waals surface area contributed by atoms with Gasteiger partial charge in [-0.1, -0.05) is 0 Å². The molecule has 0 radical (unpaired) electrons. The number of pyridine rings is 2. The van der Waals surface area contributed by atoms with Gasteiger partial charge in [0.1, 0.15) is 4.88 Å². The average molecular weight is 352 g/mol. The third-order valence-electron chi connectivity index (χ3n) is 4.81. The number of nitrogens with zero attached hydrogens (tertiary/aromatic N) is 4. The first-order valence-electron chi connectivity index (χ1n) is 8.56. The van der Waals surface area contributed by atoms with Crippen molar-refractivity contribution in [3.63, 3.8) is 0 Å². The van der Waals surface area contributed by atoms with Crippen LogP contribution in [0, 0.1) is 13.8 Å². The predicted molar refractivity (Wildman–Crippen MR) is 99.0 cm³/mol. The van der Waals surface area contributed by atoms with E-state index in [2.05, 4.69) is 21.0 Å². The Bertz CT molecular complexity index is 928. The van der Waals surface area contributed by atoms with Crippen molar-refractivity contribution in [1.29, 1.82) is 0 Å². The highest BCUT2D eigenvalue weighted by Gasteiger charge is 2.27. The molecule has 3 aromatic heterocycles. The number of aromatic nitrogens is 3. The second kappa shape index (κ2) is 6.52. The first-order chi connectivity index (χ1) is 12.1. The van der Waals surface area contributed by atoms with E-state index < -0.39 is 0 Å². The highest BCUT2D eigenvalue weighted by Crippen LogP contribution is 2.29. The molecule has 128 valence electrons. The van der Waals surface area contributed by atoms with E-state index in [9.17, 15) is 4.79 Å². The Hall–Kier alpha value is -2.34. The maximum absolute atomic E-state index is 12.7. The van der Waals surface area contributed by atoms with Gasteiger partial charge in [-0.15, -0.1) is 11.3 Å². The van der Waals surface area contributed by atoms with Crippen LogP contribution in [0.4, 0.5) is 0 Å². The third-order valence-corrected chi connectivity index (χ3v) is 5.87. The minimum Gasteiger partial charge on any atom is -0.338 e. The predicted octanol–water partition coefficient (Wildman–Crippen LogP) is 3.72. The van der Waals surface area contributed by atoms with Crippen LogP contribution < -0.4 is 0 Å². The van der Waals surface area contributed by atoms with Gasteiger partial charge in [-0.2, -0.15) is 0 Å². The first kappa shape index (κ1) is 16.1. The number of hydrogen-bond acceptors (Lipinski definition) is 5. The molecule has 0 spiro atoms. The summed E-state index contributed by atoms with van der Waals surface area (Å²) in [7, 11) is 0. The Morgan fingerprint density at radius 3 is 2.76 bits per heavy atom. The molecule has 6 heteroatoms. The SMILES string of the molecule is Cc1nc(C)c(C(=O)N2CCC(c3cc4ncccc4cn3)CC2)s1. The van der Waals surface area contributed by atoms with Crippen LogP contribution in [0.15, 0.2) is 30.6 Å². The second-order valence-corrected chi connectivity index (χ2v) is 7.72. The fourth-order valence-corrected chi connectivity index (χ4v) is 4.34. The van der Waals surface area contributed by atoms with Crippen LogP contribution in [-0.4, -0.2) is 38.8 Å². The molecule has 0 atom stereocenters. The molecule has 1 aliphatic heterocycles. The fourth-order valence-electron chi connectivity index (χ4n) is 3.46. The number of carbonyl (C=O) groups excluding carboxylic acids is 1. The summed E-state index contributed by atoms with van der Waals surface area (Å²) < 4.78 is 0. The summed E-state index contributed by atoms with van der Waals surface area (Å²) in [5, 5.41) is 2.01. The summed E-state index contributed by atoms with van der Waals surface area (Å²) in [5.74, 6) is 0.509. The van der Waals surface area contributed by atoms with Crippen molar-refractivity contribution in [2.75, 3.05) is 13.1 Å². The molecule has 5 nitrogen and oxygen atoms in total. The van der Waals surface area contributed by atoms with Crippen molar-refractivity contribution in [1.82, 2.24) is 19.9 Å². The van der Waals surface area contributed by atoms with Gasteiger partial charge in [0.2, 0.25) is 0 Å². The highest BCUT2D eigenvalue weighted by molar-refractivity contribution is 7.13. The summed E-state index contributed by atoms with van der Waals surface area (Å²) in [6, 6.07) is 6.05. The lowest BCUT2D eigenvalue weighted by molar-refractivity contribution is 0.0716. The Morgan fingerprint density at radius 2 is 2.04 bits per heavy atom. The van der Waals surface area contributed by atoms with Crippen LogP contribution in [0.2, 0.25) is 0 Å². The zero-order valence-electron chi connectivity index (χ0n) is 14.4. The van der Waals surface area contributed by atoms with Crippen LogP contribution in [0.3, 0.4) is 0 Å². The summed E-state index contributed by atoms with van der Waals surface area (Å²) in [6.07, 6.45) is 5.59. The Morgan fingerprint density at radius 1 is 1.24 bits per heavy atom. The topological polar surface area (TPSA) is 59.0 Å². The molecule has 1 aliphatic rings. The molecule has 1 saturated heterocycles. The maximum Gasteiger partial charge on any atom is 0.265 e. The molecule has 0 N–H and O–H groups in total. The molecule has 0 unspecified atom stereocenters. The Kier molecular flexibility index (Phi) is 4.21. The van der Waals surface area contributed by atoms with Crippen LogP contribution >= 0.6 is 11.3 Å². The van der Waals surface area contributed by atoms with E-state index in [1.807, 2.05) is 43.3 Å². The smallest absolute Gasteiger partial charge is 0.265 e. The standard InChI is InChI=1S/C19H20N4OS/c1-12-18(25-13(2)22-12)19(24)23-8-5-14(6-9-23)16-10-17-15(11-21-16)4-3-7-20-17/h3-4,7,10-11,14H,5-6,8-9H2,1-2H3. The van der Waals surface area contributed by atoms with E-state index in [-0.39, 0.29) is 5.91 Å². The molecule has 1 amide bonds. The lowest BCUT2D eigenvalue weighted by Crippen LogP contribution is -2.38. The summed E-state index contributed by atoms with van der Waals surface area (Å²) in [5.41, 5.74) is 2.92. The number of hydrogen-bond donors (Lipinski definition) is 0. The third kappa shape index (κ3) is 3.14. The summed E-state index contributed by atoms with van der Waals surface area (Å²) >= 11 is 1.49. The van der Waals surface area contributed by atoms with Crippen molar-refractivity contribution in [3.8, 4) is 0 Å². The first-order valence-corrected chi connectivity index (χ1v) is 9.37. The minimum absolute atomic E-state index is 0.120. The second-order valence-electron chi connectivity index (χ2n) is 6.52. The Balaban J connectivity index is 1.47. The highest BCUT2D eigenvalue weighted by atomic mass is 32.1. The zero-order valence-corrected chi connectivity index (χ0v) is 15.2. The number of thiazole rings is 1. The number of piperidine rings is 1. The molecule has 25 heavy (non-hydrogen) atoms. The molecule has 0 saturated carbocycles. The molecule has 4 heterocycles. The normalized spacial score (nSPS) is 15.7. The maximum atomic E-state index is 12.7. The summed E-state index contributed by atoms with van der Waals surface area (Å²) in [4.78, 5) is 28.9. The van der Waals surface area contributed by atoms with Gasteiger partial charge in [0.05, 0.1) is 16.2 Å². The molecule has 0 aromatic carbocycles. The van der Waals surface area contributed by atoms with E-state index in [4.69, 9.17) is 0 Å². The quantitative estimate of drug-likeness (QED) is 0.705. The number of fused-ring (bicyclic) bond motifs is 1. The van der Waals surface area contributed by atoms with E-state index in [0.717, 1.165) is 58.1 Å². The van der Waals surface area contributed by atoms with Crippen molar-refractivity contribution < 1.29 is 4.79 Å². The fraction of sp³-hybridized carbons (Fsp3) is 0.368. The van der Waals surface area contributed by atoms with Gasteiger partial charge in [0.15, 0.2) is 0 Å². The monoisotopic (exact) mass is 352 g/mol. The van der Waals surface area contributed by atoms with Crippen molar-refractivity contribution in [2.45, 2.75) is 32.6 Å². The zero-order chi connectivity index (χ0) is 17.4. The van der Waals surface area contributed by atoms with Crippen LogP contribution in [0.1, 0.15) is 44.8 Å². The van der Waals surface area contributed by atoms with E-state index in [1.54, 1.807) is 0 Å². The van der Waals surface area contributed by atoms with Crippen LogP contribution in [0.5, 0.6) is 0 Å². The molecule has 1 fully saturated rings. The van der Waals surface area contributed by atoms with Gasteiger partial charge >= 0.3 is 0 Å². The van der Waals surface area contributed by atoms with E-state index in [0.29, 0.717) is 5.92 Å². The van der Waals surface area contributed by atoms with Crippen LogP contribution in [-0.2, 0) is 0 Å². The molecule has 0 aliphatic carbocycles. The number of carbonyl (C=O) groups is 1. The Labute approximate surface area is 150 Å². The minimum atomic E-state index is 0.120. The molecule has 4 rings (SSSR count). The molecule has 0 bridgehead atoms. The largest absolute Gasteiger partial charge is 0.338 e. The number of amides is 1. The number of likely N-dealkylation sites (tertiary alicyclic amines) is 1. The average Bonchev–Trinajstić information content (AvgIpc) is 2.99. The van der Waals surface area contributed by atoms with Gasteiger partial charge in [0, 0.05) is 42.5 Å². The van der Waals surface area contributed by atoms with Gasteiger partial charge < -0.3 is 4.90 Å². The number of rotatable bonds is 2. The number of aryl methyl sites for hydroxylation is 2. The van der Waals surface area contributed by atoms with Crippen molar-refractivity contribution in [3.05, 3.63) is 51.9 Å². The molecular weight excluding hydrogens is 332 g/mol. The van der Waals surface area contributed by atoms with Gasteiger partial charge in [-0.05, 0) is 44.9 Å². The lowest BCUT2D eigenvalue weighted by atomic mass is 9.92. The van der Waals surface area contributed by atoms with E-state index in [1.165, 1.54) is 11.3 Å². The van der Waals surface area contributed by atoms with Gasteiger partial charge in [0.25, 0.3) is 5.91 Å². The molecule has 3 aromatic rings. The van der Waals surface area contributed by atoms with Crippen molar-refractivity contribution >= 4 is 28.1 Å².